The zero-order valence-electron chi connectivity index (χ0n) is 11.1. The molecule has 0 aromatic heterocycles. The summed E-state index contributed by atoms with van der Waals surface area (Å²) in [5.41, 5.74) is 0.692. The standard InChI is InChI=1S/C15H22ClNO/c1-11-6-5-9-15(10-18,12(11)2)17-14-8-4-3-7-13(14)16/h3-4,7-8,11-12,17-18H,5-6,9-10H2,1-2H3. The van der Waals surface area contributed by atoms with E-state index in [2.05, 4.69) is 19.2 Å². The number of nitrogens with one attached hydrogen (secondary N) is 1. The number of aliphatic hydroxyl groups is 1. The van der Waals surface area contributed by atoms with E-state index in [9.17, 15) is 5.11 Å². The number of para-hydroxylation sites is 1. The van der Waals surface area contributed by atoms with Gasteiger partial charge in [0.15, 0.2) is 0 Å². The van der Waals surface area contributed by atoms with Crippen molar-refractivity contribution in [2.45, 2.75) is 38.6 Å². The molecule has 1 aliphatic carbocycles. The minimum atomic E-state index is -0.233. The van der Waals surface area contributed by atoms with Gasteiger partial charge >= 0.3 is 0 Å². The van der Waals surface area contributed by atoms with E-state index in [1.54, 1.807) is 0 Å². The van der Waals surface area contributed by atoms with Crippen molar-refractivity contribution in [3.05, 3.63) is 29.3 Å². The second-order valence-corrected chi connectivity index (χ2v) is 5.98. The fraction of sp³-hybridized carbons (Fsp3) is 0.600. The highest BCUT2D eigenvalue weighted by Gasteiger charge is 2.41. The molecule has 0 bridgehead atoms. The Kier molecular flexibility index (Phi) is 4.18. The molecule has 0 amide bonds. The van der Waals surface area contributed by atoms with Gasteiger partial charge in [-0.1, -0.05) is 50.4 Å². The molecule has 0 aliphatic heterocycles. The number of hydrogen-bond donors (Lipinski definition) is 2. The number of aliphatic hydroxyl groups excluding tert-OH is 1. The Morgan fingerprint density at radius 1 is 1.39 bits per heavy atom. The molecule has 1 aromatic carbocycles. The Balaban J connectivity index is 2.25. The van der Waals surface area contributed by atoms with Gasteiger partial charge in [0.25, 0.3) is 0 Å². The highest BCUT2D eigenvalue weighted by molar-refractivity contribution is 6.33. The summed E-state index contributed by atoms with van der Waals surface area (Å²) in [5, 5.41) is 14.1. The number of benzene rings is 1. The van der Waals surface area contributed by atoms with E-state index >= 15 is 0 Å². The number of rotatable bonds is 3. The fourth-order valence-electron chi connectivity index (χ4n) is 3.03. The van der Waals surface area contributed by atoms with E-state index < -0.39 is 0 Å². The van der Waals surface area contributed by atoms with Crippen LogP contribution in [-0.2, 0) is 0 Å². The first-order valence-corrected chi connectivity index (χ1v) is 7.10. The van der Waals surface area contributed by atoms with Crippen LogP contribution in [0.3, 0.4) is 0 Å². The number of anilines is 1. The monoisotopic (exact) mass is 267 g/mol. The van der Waals surface area contributed by atoms with Crippen molar-refractivity contribution in [2.75, 3.05) is 11.9 Å². The largest absolute Gasteiger partial charge is 0.394 e. The first-order chi connectivity index (χ1) is 8.59. The van der Waals surface area contributed by atoms with Crippen LogP contribution in [0.5, 0.6) is 0 Å². The van der Waals surface area contributed by atoms with Crippen LogP contribution >= 0.6 is 11.6 Å². The zero-order valence-corrected chi connectivity index (χ0v) is 11.9. The van der Waals surface area contributed by atoms with E-state index in [-0.39, 0.29) is 12.1 Å². The molecule has 1 saturated carbocycles. The smallest absolute Gasteiger partial charge is 0.0664 e. The van der Waals surface area contributed by atoms with E-state index in [1.165, 1.54) is 6.42 Å². The zero-order chi connectivity index (χ0) is 13.2. The number of hydrogen-bond acceptors (Lipinski definition) is 2. The Bertz CT molecular complexity index is 409. The lowest BCUT2D eigenvalue weighted by atomic mass is 9.68. The van der Waals surface area contributed by atoms with Gasteiger partial charge in [-0.2, -0.15) is 0 Å². The maximum Gasteiger partial charge on any atom is 0.0664 e. The van der Waals surface area contributed by atoms with Crippen LogP contribution in [0.15, 0.2) is 24.3 Å². The van der Waals surface area contributed by atoms with Gasteiger partial charge in [0, 0.05) is 0 Å². The summed E-state index contributed by atoms with van der Waals surface area (Å²) in [6, 6.07) is 7.75. The van der Waals surface area contributed by atoms with Gasteiger partial charge in [-0.05, 0) is 30.4 Å². The van der Waals surface area contributed by atoms with Crippen LogP contribution < -0.4 is 5.32 Å². The molecule has 2 N–H and O–H groups in total. The second kappa shape index (κ2) is 5.50. The first kappa shape index (κ1) is 13.7. The molecule has 3 heteroatoms. The number of halogens is 1. The van der Waals surface area contributed by atoms with E-state index in [4.69, 9.17) is 11.6 Å². The molecule has 1 aliphatic rings. The van der Waals surface area contributed by atoms with E-state index in [1.807, 2.05) is 24.3 Å². The summed E-state index contributed by atoms with van der Waals surface area (Å²) in [5.74, 6) is 1.06. The second-order valence-electron chi connectivity index (χ2n) is 5.58. The molecule has 0 radical (unpaired) electrons. The third-order valence-corrected chi connectivity index (χ3v) is 4.88. The first-order valence-electron chi connectivity index (χ1n) is 6.72. The third kappa shape index (κ3) is 2.50. The highest BCUT2D eigenvalue weighted by Crippen LogP contribution is 2.40. The van der Waals surface area contributed by atoms with Gasteiger partial charge < -0.3 is 10.4 Å². The highest BCUT2D eigenvalue weighted by atomic mass is 35.5. The molecule has 1 aromatic rings. The average Bonchev–Trinajstić information content (AvgIpc) is 2.38. The fourth-order valence-corrected chi connectivity index (χ4v) is 3.21. The summed E-state index contributed by atoms with van der Waals surface area (Å²) in [6.45, 7) is 4.65. The lowest BCUT2D eigenvalue weighted by Gasteiger charge is -2.46. The van der Waals surface area contributed by atoms with Gasteiger partial charge in [0.05, 0.1) is 22.9 Å². The maximum atomic E-state index is 9.88. The Morgan fingerprint density at radius 2 is 2.11 bits per heavy atom. The minimum absolute atomic E-state index is 0.156. The Labute approximate surface area is 114 Å². The van der Waals surface area contributed by atoms with Gasteiger partial charge in [-0.3, -0.25) is 0 Å². The lowest BCUT2D eigenvalue weighted by Crippen LogP contribution is -2.52. The quantitative estimate of drug-likeness (QED) is 0.869. The van der Waals surface area contributed by atoms with Crippen molar-refractivity contribution < 1.29 is 5.11 Å². The molecule has 0 heterocycles. The van der Waals surface area contributed by atoms with Crippen molar-refractivity contribution in [1.29, 1.82) is 0 Å². The van der Waals surface area contributed by atoms with Crippen LogP contribution in [0.1, 0.15) is 33.1 Å². The third-order valence-electron chi connectivity index (χ3n) is 4.55. The molecule has 2 rings (SSSR count). The van der Waals surface area contributed by atoms with Crippen LogP contribution in [-0.4, -0.2) is 17.3 Å². The predicted molar refractivity (Wildman–Crippen MR) is 77.1 cm³/mol. The van der Waals surface area contributed by atoms with Gasteiger partial charge in [0.2, 0.25) is 0 Å². The molecule has 3 atom stereocenters. The molecular formula is C15H22ClNO. The van der Waals surface area contributed by atoms with Crippen LogP contribution in [0.25, 0.3) is 0 Å². The van der Waals surface area contributed by atoms with Gasteiger partial charge in [-0.25, -0.2) is 0 Å². The van der Waals surface area contributed by atoms with Crippen LogP contribution in [0.4, 0.5) is 5.69 Å². The summed E-state index contributed by atoms with van der Waals surface area (Å²) in [4.78, 5) is 0. The SMILES string of the molecule is CC1CCCC(CO)(Nc2ccccc2Cl)C1C. The normalized spacial score (nSPS) is 32.2. The molecule has 100 valence electrons. The van der Waals surface area contributed by atoms with Crippen LogP contribution in [0, 0.1) is 11.8 Å². The van der Waals surface area contributed by atoms with Crippen molar-refractivity contribution in [3.8, 4) is 0 Å². The molecule has 2 nitrogen and oxygen atoms in total. The molecule has 3 unspecified atom stereocenters. The summed E-state index contributed by atoms with van der Waals surface area (Å²) < 4.78 is 0. The van der Waals surface area contributed by atoms with E-state index in [0.717, 1.165) is 23.6 Å². The Morgan fingerprint density at radius 3 is 2.78 bits per heavy atom. The van der Waals surface area contributed by atoms with Gasteiger partial charge in [0.1, 0.15) is 0 Å². The maximum absolute atomic E-state index is 9.88. The minimum Gasteiger partial charge on any atom is -0.394 e. The van der Waals surface area contributed by atoms with Crippen molar-refractivity contribution >= 4 is 17.3 Å². The average molecular weight is 268 g/mol. The molecule has 18 heavy (non-hydrogen) atoms. The molecule has 0 saturated heterocycles. The van der Waals surface area contributed by atoms with Crippen LogP contribution in [0.2, 0.25) is 5.02 Å². The predicted octanol–water partition coefficient (Wildman–Crippen LogP) is 3.94. The van der Waals surface area contributed by atoms with Crippen molar-refractivity contribution in [2.24, 2.45) is 11.8 Å². The van der Waals surface area contributed by atoms with E-state index in [0.29, 0.717) is 11.8 Å². The summed E-state index contributed by atoms with van der Waals surface area (Å²) >= 11 is 6.20. The summed E-state index contributed by atoms with van der Waals surface area (Å²) in [7, 11) is 0. The molecule has 1 fully saturated rings. The summed E-state index contributed by atoms with van der Waals surface area (Å²) in [6.07, 6.45) is 3.40. The Hall–Kier alpha value is -0.730. The molecule has 0 spiro atoms. The van der Waals surface area contributed by atoms with Crippen molar-refractivity contribution in [3.63, 3.8) is 0 Å². The topological polar surface area (TPSA) is 32.3 Å². The van der Waals surface area contributed by atoms with Gasteiger partial charge in [-0.15, -0.1) is 0 Å². The molecular weight excluding hydrogens is 246 g/mol. The van der Waals surface area contributed by atoms with Crippen molar-refractivity contribution in [1.82, 2.24) is 0 Å². The lowest BCUT2D eigenvalue weighted by molar-refractivity contribution is 0.0925.